The highest BCUT2D eigenvalue weighted by molar-refractivity contribution is 5.92. The Morgan fingerprint density at radius 3 is 2.70 bits per heavy atom. The van der Waals surface area contributed by atoms with Crippen molar-refractivity contribution in [2.75, 3.05) is 11.9 Å². The highest BCUT2D eigenvalue weighted by atomic mass is 16.5. The Morgan fingerprint density at radius 2 is 1.93 bits per heavy atom. The lowest BCUT2D eigenvalue weighted by Gasteiger charge is -2.12. The first-order chi connectivity index (χ1) is 13.2. The highest BCUT2D eigenvalue weighted by Crippen LogP contribution is 2.26. The van der Waals surface area contributed by atoms with Crippen LogP contribution in [0, 0.1) is 6.92 Å². The molecule has 7 nitrogen and oxygen atoms in total. The van der Waals surface area contributed by atoms with E-state index >= 15 is 0 Å². The predicted molar refractivity (Wildman–Crippen MR) is 103 cm³/mol. The second kappa shape index (κ2) is 8.75. The fraction of sp³-hybridized carbons (Fsp3) is 0.200. The van der Waals surface area contributed by atoms with Gasteiger partial charge in [-0.25, -0.2) is 9.97 Å². The van der Waals surface area contributed by atoms with E-state index < -0.39 is 0 Å². The third-order valence-electron chi connectivity index (χ3n) is 3.68. The Bertz CT molecular complexity index is 915. The zero-order chi connectivity index (χ0) is 19.1. The van der Waals surface area contributed by atoms with Gasteiger partial charge in [0.05, 0.1) is 24.5 Å². The average Bonchev–Trinajstić information content (AvgIpc) is 2.68. The zero-order valence-electron chi connectivity index (χ0n) is 15.3. The molecule has 0 saturated carbocycles. The number of carbonyl (C=O) groups excluding carboxylic acids is 1. The monoisotopic (exact) mass is 363 g/mol. The predicted octanol–water partition coefficient (Wildman–Crippen LogP) is 3.25. The molecule has 2 N–H and O–H groups in total. The minimum absolute atomic E-state index is 0.285. The lowest BCUT2D eigenvalue weighted by molar-refractivity contribution is 0.0945. The molecule has 0 spiro atoms. The van der Waals surface area contributed by atoms with E-state index in [9.17, 15) is 4.79 Å². The van der Waals surface area contributed by atoms with E-state index in [0.29, 0.717) is 30.5 Å². The summed E-state index contributed by atoms with van der Waals surface area (Å²) >= 11 is 0. The molecular weight excluding hydrogens is 342 g/mol. The summed E-state index contributed by atoms with van der Waals surface area (Å²) in [5.41, 5.74) is 2.49. The van der Waals surface area contributed by atoms with Crippen LogP contribution in [0.5, 0.6) is 5.75 Å². The first-order valence-electron chi connectivity index (χ1n) is 8.68. The van der Waals surface area contributed by atoms with Crippen LogP contribution in [0.2, 0.25) is 0 Å². The molecule has 1 amide bonds. The molecule has 0 radical (unpaired) electrons. The van der Waals surface area contributed by atoms with Crippen LogP contribution in [0.15, 0.2) is 54.7 Å². The van der Waals surface area contributed by atoms with Crippen molar-refractivity contribution in [3.8, 4) is 5.75 Å². The fourth-order valence-electron chi connectivity index (χ4n) is 2.48. The summed E-state index contributed by atoms with van der Waals surface area (Å²) in [7, 11) is 0. The number of carbonyl (C=O) groups is 1. The largest absolute Gasteiger partial charge is 0.492 e. The van der Waals surface area contributed by atoms with E-state index in [1.807, 2.05) is 56.3 Å². The Morgan fingerprint density at radius 1 is 1.11 bits per heavy atom. The minimum Gasteiger partial charge on any atom is -0.492 e. The molecule has 27 heavy (non-hydrogen) atoms. The molecule has 2 heterocycles. The molecule has 3 aromatic rings. The van der Waals surface area contributed by atoms with Gasteiger partial charge in [0.1, 0.15) is 11.4 Å². The number of nitrogens with one attached hydrogen (secondary N) is 2. The van der Waals surface area contributed by atoms with Gasteiger partial charge in [0.25, 0.3) is 5.91 Å². The first kappa shape index (κ1) is 18.3. The van der Waals surface area contributed by atoms with Gasteiger partial charge in [0.15, 0.2) is 0 Å². The van der Waals surface area contributed by atoms with Crippen molar-refractivity contribution < 1.29 is 9.53 Å². The van der Waals surface area contributed by atoms with Gasteiger partial charge in [-0.15, -0.1) is 0 Å². The van der Waals surface area contributed by atoms with Crippen molar-refractivity contribution >= 4 is 17.5 Å². The number of hydrogen-bond acceptors (Lipinski definition) is 6. The van der Waals surface area contributed by atoms with Crippen molar-refractivity contribution in [3.05, 3.63) is 71.8 Å². The molecule has 2 aromatic heterocycles. The lowest BCUT2D eigenvalue weighted by Crippen LogP contribution is -2.24. The second-order valence-electron chi connectivity index (χ2n) is 5.78. The topological polar surface area (TPSA) is 89.0 Å². The Kier molecular flexibility index (Phi) is 5.94. The summed E-state index contributed by atoms with van der Waals surface area (Å²) in [5.74, 6) is 0.753. The third-order valence-corrected chi connectivity index (χ3v) is 3.68. The Labute approximate surface area is 157 Å². The van der Waals surface area contributed by atoms with Gasteiger partial charge in [-0.1, -0.05) is 18.2 Å². The summed E-state index contributed by atoms with van der Waals surface area (Å²) in [6.07, 6.45) is 1.69. The van der Waals surface area contributed by atoms with Gasteiger partial charge in [-0.2, -0.15) is 0 Å². The normalized spacial score (nSPS) is 10.3. The van der Waals surface area contributed by atoms with Crippen molar-refractivity contribution in [1.29, 1.82) is 0 Å². The quantitative estimate of drug-likeness (QED) is 0.670. The maximum Gasteiger partial charge on any atom is 0.270 e. The number of nitrogens with zero attached hydrogens (tertiary/aromatic N) is 3. The molecular formula is C20H21N5O2. The van der Waals surface area contributed by atoms with E-state index in [-0.39, 0.29) is 11.6 Å². The summed E-state index contributed by atoms with van der Waals surface area (Å²) in [6.45, 7) is 4.62. The number of aromatic nitrogens is 3. The van der Waals surface area contributed by atoms with Crippen molar-refractivity contribution in [2.24, 2.45) is 0 Å². The van der Waals surface area contributed by atoms with Gasteiger partial charge in [0, 0.05) is 11.9 Å². The van der Waals surface area contributed by atoms with Gasteiger partial charge in [0.2, 0.25) is 5.95 Å². The number of aryl methyl sites for hydroxylation is 1. The number of hydrogen-bond donors (Lipinski definition) is 2. The van der Waals surface area contributed by atoms with Crippen LogP contribution in [0.1, 0.15) is 28.8 Å². The van der Waals surface area contributed by atoms with Crippen molar-refractivity contribution in [3.63, 3.8) is 0 Å². The van der Waals surface area contributed by atoms with E-state index in [0.717, 1.165) is 11.4 Å². The number of amides is 1. The first-order valence-corrected chi connectivity index (χ1v) is 8.68. The number of benzene rings is 1. The lowest BCUT2D eigenvalue weighted by atomic mass is 10.3. The summed E-state index contributed by atoms with van der Waals surface area (Å²) in [6, 6.07) is 14.7. The second-order valence-corrected chi connectivity index (χ2v) is 5.78. The number of pyridine rings is 1. The van der Waals surface area contributed by atoms with Gasteiger partial charge >= 0.3 is 0 Å². The van der Waals surface area contributed by atoms with Crippen LogP contribution < -0.4 is 15.4 Å². The maximum atomic E-state index is 12.5. The van der Waals surface area contributed by atoms with Gasteiger partial charge in [-0.3, -0.25) is 9.78 Å². The maximum absolute atomic E-state index is 12.5. The summed E-state index contributed by atoms with van der Waals surface area (Å²) in [5, 5.41) is 5.95. The third kappa shape index (κ3) is 5.01. The molecule has 0 saturated heterocycles. The molecule has 0 aliphatic heterocycles. The number of rotatable bonds is 7. The van der Waals surface area contributed by atoms with E-state index in [1.54, 1.807) is 12.3 Å². The van der Waals surface area contributed by atoms with Crippen LogP contribution in [0.25, 0.3) is 0 Å². The molecule has 138 valence electrons. The number of anilines is 2. The van der Waals surface area contributed by atoms with Gasteiger partial charge < -0.3 is 15.4 Å². The number of para-hydroxylation sites is 2. The Balaban J connectivity index is 1.75. The van der Waals surface area contributed by atoms with Crippen LogP contribution in [0.3, 0.4) is 0 Å². The molecule has 0 aliphatic carbocycles. The van der Waals surface area contributed by atoms with Crippen LogP contribution in [-0.2, 0) is 6.54 Å². The summed E-state index contributed by atoms with van der Waals surface area (Å²) < 4.78 is 5.60. The van der Waals surface area contributed by atoms with E-state index in [1.165, 1.54) is 0 Å². The van der Waals surface area contributed by atoms with Gasteiger partial charge in [-0.05, 0) is 44.2 Å². The molecule has 0 unspecified atom stereocenters. The molecule has 1 aromatic carbocycles. The number of ether oxygens (including phenoxy) is 1. The summed E-state index contributed by atoms with van der Waals surface area (Å²) in [4.78, 5) is 25.3. The zero-order valence-corrected chi connectivity index (χ0v) is 15.3. The highest BCUT2D eigenvalue weighted by Gasteiger charge is 2.12. The minimum atomic E-state index is -0.285. The van der Waals surface area contributed by atoms with Crippen LogP contribution in [0.4, 0.5) is 11.6 Å². The standard InChI is InChI=1S/C20H21N5O2/c1-3-27-18-10-5-4-9-16(18)24-20-23-14(2)12-17(25-20)19(26)22-13-15-8-6-7-11-21-15/h4-12H,3,13H2,1-2H3,(H,22,26)(H,23,24,25). The fourth-order valence-corrected chi connectivity index (χ4v) is 2.48. The van der Waals surface area contributed by atoms with Crippen molar-refractivity contribution in [2.45, 2.75) is 20.4 Å². The van der Waals surface area contributed by atoms with E-state index in [2.05, 4.69) is 25.6 Å². The molecule has 0 aliphatic rings. The molecule has 3 rings (SSSR count). The molecule has 7 heteroatoms. The molecule has 0 fully saturated rings. The van der Waals surface area contributed by atoms with Crippen LogP contribution >= 0.6 is 0 Å². The molecule has 0 bridgehead atoms. The Hall–Kier alpha value is -3.48. The van der Waals surface area contributed by atoms with Crippen molar-refractivity contribution in [1.82, 2.24) is 20.3 Å². The smallest absolute Gasteiger partial charge is 0.270 e. The van der Waals surface area contributed by atoms with Crippen LogP contribution in [-0.4, -0.2) is 27.5 Å². The SMILES string of the molecule is CCOc1ccccc1Nc1nc(C)cc(C(=O)NCc2ccccn2)n1. The molecule has 0 atom stereocenters. The van der Waals surface area contributed by atoms with E-state index in [4.69, 9.17) is 4.74 Å². The average molecular weight is 363 g/mol.